The van der Waals surface area contributed by atoms with Gasteiger partial charge in [-0.05, 0) is 55.3 Å². The molecule has 1 aliphatic carbocycles. The van der Waals surface area contributed by atoms with Crippen LogP contribution in [0.5, 0.6) is 17.2 Å². The molecule has 1 saturated carbocycles. The van der Waals surface area contributed by atoms with E-state index < -0.39 is 6.36 Å². The van der Waals surface area contributed by atoms with Gasteiger partial charge in [-0.1, -0.05) is 0 Å². The van der Waals surface area contributed by atoms with E-state index in [-0.39, 0.29) is 18.2 Å². The lowest BCUT2D eigenvalue weighted by Gasteiger charge is -2.23. The SMILES string of the molecule is COc1ccc(OC)c(CN(CC(=O)Nc2ccc(OC(F)(F)F)cc2)C2CC2)c1. The number of ether oxygens (including phenoxy) is 3. The van der Waals surface area contributed by atoms with Crippen molar-refractivity contribution in [1.82, 2.24) is 4.90 Å². The van der Waals surface area contributed by atoms with Gasteiger partial charge in [0.1, 0.15) is 17.2 Å². The van der Waals surface area contributed by atoms with Crippen LogP contribution in [-0.2, 0) is 11.3 Å². The van der Waals surface area contributed by atoms with Gasteiger partial charge in [0.05, 0.1) is 20.8 Å². The summed E-state index contributed by atoms with van der Waals surface area (Å²) in [4.78, 5) is 14.6. The Morgan fingerprint density at radius 3 is 2.30 bits per heavy atom. The average molecular weight is 424 g/mol. The molecule has 0 heterocycles. The molecule has 1 fully saturated rings. The maximum atomic E-state index is 12.5. The van der Waals surface area contributed by atoms with Crippen LogP contribution in [0.1, 0.15) is 18.4 Å². The van der Waals surface area contributed by atoms with Gasteiger partial charge in [-0.15, -0.1) is 13.2 Å². The van der Waals surface area contributed by atoms with Crippen molar-refractivity contribution in [2.45, 2.75) is 31.8 Å². The number of hydrogen-bond acceptors (Lipinski definition) is 5. The lowest BCUT2D eigenvalue weighted by Crippen LogP contribution is -2.34. The van der Waals surface area contributed by atoms with E-state index >= 15 is 0 Å². The van der Waals surface area contributed by atoms with Crippen molar-refractivity contribution < 1.29 is 32.2 Å². The summed E-state index contributed by atoms with van der Waals surface area (Å²) >= 11 is 0. The molecule has 2 aromatic carbocycles. The van der Waals surface area contributed by atoms with E-state index in [1.54, 1.807) is 14.2 Å². The number of amides is 1. The number of rotatable bonds is 9. The zero-order valence-corrected chi connectivity index (χ0v) is 16.7. The number of nitrogens with one attached hydrogen (secondary N) is 1. The molecule has 30 heavy (non-hydrogen) atoms. The van der Waals surface area contributed by atoms with Crippen molar-refractivity contribution in [3.63, 3.8) is 0 Å². The van der Waals surface area contributed by atoms with Crippen LogP contribution in [0.15, 0.2) is 42.5 Å². The summed E-state index contributed by atoms with van der Waals surface area (Å²) < 4.78 is 51.3. The van der Waals surface area contributed by atoms with Crippen LogP contribution >= 0.6 is 0 Å². The minimum Gasteiger partial charge on any atom is -0.497 e. The monoisotopic (exact) mass is 424 g/mol. The first-order chi connectivity index (χ1) is 14.3. The average Bonchev–Trinajstić information content (AvgIpc) is 3.53. The van der Waals surface area contributed by atoms with E-state index in [1.807, 2.05) is 23.1 Å². The molecule has 162 valence electrons. The molecule has 1 aliphatic rings. The van der Waals surface area contributed by atoms with E-state index in [1.165, 1.54) is 12.1 Å². The van der Waals surface area contributed by atoms with E-state index in [9.17, 15) is 18.0 Å². The van der Waals surface area contributed by atoms with Crippen molar-refractivity contribution in [3.05, 3.63) is 48.0 Å². The van der Waals surface area contributed by atoms with Crippen molar-refractivity contribution >= 4 is 11.6 Å². The number of hydrogen-bond donors (Lipinski definition) is 1. The van der Waals surface area contributed by atoms with Crippen LogP contribution in [0.25, 0.3) is 0 Å². The number of methoxy groups -OCH3 is 2. The molecule has 1 N–H and O–H groups in total. The Morgan fingerprint density at radius 1 is 1.07 bits per heavy atom. The molecule has 0 atom stereocenters. The summed E-state index contributed by atoms with van der Waals surface area (Å²) in [5, 5.41) is 2.71. The Balaban J connectivity index is 1.62. The third-order valence-corrected chi connectivity index (χ3v) is 4.64. The smallest absolute Gasteiger partial charge is 0.497 e. The van der Waals surface area contributed by atoms with Crippen LogP contribution in [-0.4, -0.2) is 44.0 Å². The number of anilines is 1. The fraction of sp³-hybridized carbons (Fsp3) is 0.381. The highest BCUT2D eigenvalue weighted by Gasteiger charge is 2.32. The van der Waals surface area contributed by atoms with E-state index in [0.29, 0.717) is 29.8 Å². The molecule has 2 aromatic rings. The van der Waals surface area contributed by atoms with Crippen LogP contribution in [0, 0.1) is 0 Å². The van der Waals surface area contributed by atoms with E-state index in [4.69, 9.17) is 9.47 Å². The van der Waals surface area contributed by atoms with Crippen LogP contribution in [0.4, 0.5) is 18.9 Å². The number of benzene rings is 2. The van der Waals surface area contributed by atoms with Gasteiger partial charge in [0.15, 0.2) is 0 Å². The van der Waals surface area contributed by atoms with Crippen molar-refractivity contribution in [2.24, 2.45) is 0 Å². The summed E-state index contributed by atoms with van der Waals surface area (Å²) in [7, 11) is 3.17. The molecule has 1 amide bonds. The van der Waals surface area contributed by atoms with Crippen LogP contribution in [0.3, 0.4) is 0 Å². The highest BCUT2D eigenvalue weighted by molar-refractivity contribution is 5.92. The first-order valence-electron chi connectivity index (χ1n) is 9.38. The zero-order valence-electron chi connectivity index (χ0n) is 16.7. The zero-order chi connectivity index (χ0) is 21.7. The molecule has 0 radical (unpaired) electrons. The normalized spacial score (nSPS) is 13.8. The van der Waals surface area contributed by atoms with Gasteiger partial charge in [-0.25, -0.2) is 0 Å². The molecule has 0 saturated heterocycles. The second kappa shape index (κ2) is 9.25. The van der Waals surface area contributed by atoms with Crippen LogP contribution < -0.4 is 19.5 Å². The predicted octanol–water partition coefficient (Wildman–Crippen LogP) is 4.21. The lowest BCUT2D eigenvalue weighted by molar-refractivity contribution is -0.274. The summed E-state index contributed by atoms with van der Waals surface area (Å²) in [6.07, 6.45) is -2.75. The molecule has 0 aromatic heterocycles. The number of alkyl halides is 3. The molecular formula is C21H23F3N2O4. The van der Waals surface area contributed by atoms with Crippen molar-refractivity contribution in [2.75, 3.05) is 26.1 Å². The quantitative estimate of drug-likeness (QED) is 0.654. The predicted molar refractivity (Wildman–Crippen MR) is 105 cm³/mol. The summed E-state index contributed by atoms with van der Waals surface area (Å²) in [5.41, 5.74) is 1.30. The number of nitrogens with zero attached hydrogens (tertiary/aromatic N) is 1. The van der Waals surface area contributed by atoms with Gasteiger partial charge in [-0.2, -0.15) is 0 Å². The highest BCUT2D eigenvalue weighted by Crippen LogP contribution is 2.32. The standard InChI is InChI=1S/C21H23F3N2O4/c1-28-18-9-10-19(29-2)14(11-18)12-26(16-5-6-16)13-20(27)25-15-3-7-17(8-4-15)30-21(22,23)24/h3-4,7-11,16H,5-6,12-13H2,1-2H3,(H,25,27). The van der Waals surface area contributed by atoms with Gasteiger partial charge < -0.3 is 19.5 Å². The first kappa shape index (κ1) is 21.8. The Bertz CT molecular complexity index is 868. The summed E-state index contributed by atoms with van der Waals surface area (Å²) in [6, 6.07) is 10.9. The molecular weight excluding hydrogens is 401 g/mol. The Kier molecular flexibility index (Phi) is 6.71. The summed E-state index contributed by atoms with van der Waals surface area (Å²) in [6.45, 7) is 0.655. The topological polar surface area (TPSA) is 60.0 Å². The number of carbonyl (C=O) groups excluding carboxylic acids is 1. The molecule has 0 spiro atoms. The maximum absolute atomic E-state index is 12.5. The van der Waals surface area contributed by atoms with Gasteiger partial charge in [0.2, 0.25) is 5.91 Å². The largest absolute Gasteiger partial charge is 0.573 e. The first-order valence-corrected chi connectivity index (χ1v) is 9.38. The van der Waals surface area contributed by atoms with E-state index in [0.717, 1.165) is 30.5 Å². The van der Waals surface area contributed by atoms with Crippen LogP contribution in [0.2, 0.25) is 0 Å². The lowest BCUT2D eigenvalue weighted by atomic mass is 10.1. The molecule has 0 aliphatic heterocycles. The van der Waals surface area contributed by atoms with Gasteiger partial charge in [0, 0.05) is 23.8 Å². The molecule has 0 bridgehead atoms. The van der Waals surface area contributed by atoms with Gasteiger partial charge >= 0.3 is 6.36 Å². The third-order valence-electron chi connectivity index (χ3n) is 4.64. The van der Waals surface area contributed by atoms with Gasteiger partial charge in [-0.3, -0.25) is 9.69 Å². The van der Waals surface area contributed by atoms with Crippen molar-refractivity contribution in [3.8, 4) is 17.2 Å². The number of halogens is 3. The molecule has 9 heteroatoms. The molecule has 6 nitrogen and oxygen atoms in total. The molecule has 3 rings (SSSR count). The minimum atomic E-state index is -4.75. The maximum Gasteiger partial charge on any atom is 0.573 e. The molecule has 0 unspecified atom stereocenters. The Morgan fingerprint density at radius 2 is 1.73 bits per heavy atom. The highest BCUT2D eigenvalue weighted by atomic mass is 19.4. The van der Waals surface area contributed by atoms with E-state index in [2.05, 4.69) is 10.1 Å². The van der Waals surface area contributed by atoms with Crippen molar-refractivity contribution in [1.29, 1.82) is 0 Å². The Hall–Kier alpha value is -2.94. The number of carbonyl (C=O) groups is 1. The second-order valence-corrected chi connectivity index (χ2v) is 6.93. The fourth-order valence-corrected chi connectivity index (χ4v) is 3.10. The Labute approximate surface area is 172 Å². The minimum absolute atomic E-state index is 0.145. The third kappa shape index (κ3) is 6.28. The second-order valence-electron chi connectivity index (χ2n) is 6.93. The fourth-order valence-electron chi connectivity index (χ4n) is 3.10. The van der Waals surface area contributed by atoms with Gasteiger partial charge in [0.25, 0.3) is 0 Å². The summed E-state index contributed by atoms with van der Waals surface area (Å²) in [5.74, 6) is 0.813.